The number of ether oxygens (including phenoxy) is 1. The summed E-state index contributed by atoms with van der Waals surface area (Å²) >= 11 is 0. The third-order valence-electron chi connectivity index (χ3n) is 6.60. The van der Waals surface area contributed by atoms with Gasteiger partial charge >= 0.3 is 12.1 Å². The van der Waals surface area contributed by atoms with Gasteiger partial charge in [0.25, 0.3) is 0 Å². The van der Waals surface area contributed by atoms with Gasteiger partial charge in [0.15, 0.2) is 0 Å². The SMILES string of the molecule is O=C(C1CC(F)(F)C1)N1C[C@@H]2CN(CC3CCCC3)CCO[C@@H]2C1.O=C(O)C(F)(F)F. The van der Waals surface area contributed by atoms with E-state index in [9.17, 15) is 26.7 Å². The summed E-state index contributed by atoms with van der Waals surface area (Å²) in [6.07, 6.45) is -0.149. The Morgan fingerprint density at radius 2 is 1.68 bits per heavy atom. The third-order valence-corrected chi connectivity index (χ3v) is 6.60. The summed E-state index contributed by atoms with van der Waals surface area (Å²) in [6.45, 7) is 5.08. The first-order chi connectivity index (χ1) is 14.4. The lowest BCUT2D eigenvalue weighted by molar-refractivity contribution is -0.192. The van der Waals surface area contributed by atoms with Gasteiger partial charge in [-0.3, -0.25) is 4.79 Å². The minimum atomic E-state index is -5.08. The van der Waals surface area contributed by atoms with E-state index in [0.717, 1.165) is 32.2 Å². The van der Waals surface area contributed by atoms with Crippen LogP contribution in [0.1, 0.15) is 38.5 Å². The molecule has 2 aliphatic heterocycles. The quantitative estimate of drug-likeness (QED) is 0.662. The molecule has 2 saturated heterocycles. The molecule has 2 saturated carbocycles. The number of alkyl halides is 5. The van der Waals surface area contributed by atoms with Gasteiger partial charge in [0.05, 0.1) is 12.7 Å². The molecule has 0 unspecified atom stereocenters. The summed E-state index contributed by atoms with van der Waals surface area (Å²) in [4.78, 5) is 25.6. The molecule has 2 heterocycles. The van der Waals surface area contributed by atoms with Gasteiger partial charge in [-0.1, -0.05) is 12.8 Å². The number of aliphatic carboxylic acids is 1. The van der Waals surface area contributed by atoms with E-state index < -0.39 is 24.0 Å². The standard InChI is InChI=1S/C18H28F2N2O2.C2HF3O2/c19-18(20)7-14(8-18)17(23)22-11-15-10-21(5-6-24-16(15)12-22)9-13-3-1-2-4-13;3-2(4,5)1(6)7/h13-16H,1-12H2;(H,6,7)/t15-,16+;/m0./s1. The smallest absolute Gasteiger partial charge is 0.475 e. The molecule has 11 heteroatoms. The summed E-state index contributed by atoms with van der Waals surface area (Å²) < 4.78 is 63.8. The van der Waals surface area contributed by atoms with Crippen molar-refractivity contribution in [1.29, 1.82) is 0 Å². The van der Waals surface area contributed by atoms with Crippen LogP contribution < -0.4 is 0 Å². The highest BCUT2D eigenvalue weighted by molar-refractivity contribution is 5.80. The zero-order valence-electron chi connectivity index (χ0n) is 17.3. The van der Waals surface area contributed by atoms with Crippen LogP contribution in [0.3, 0.4) is 0 Å². The zero-order valence-corrected chi connectivity index (χ0v) is 17.3. The van der Waals surface area contributed by atoms with Crippen LogP contribution in [0.15, 0.2) is 0 Å². The Hall–Kier alpha value is -1.49. The number of halogens is 5. The van der Waals surface area contributed by atoms with Crippen LogP contribution in [0.4, 0.5) is 22.0 Å². The van der Waals surface area contributed by atoms with Crippen LogP contribution in [0, 0.1) is 17.8 Å². The molecule has 178 valence electrons. The maximum absolute atomic E-state index is 13.0. The van der Waals surface area contributed by atoms with Gasteiger partial charge in [0.2, 0.25) is 11.8 Å². The summed E-state index contributed by atoms with van der Waals surface area (Å²) in [7, 11) is 0. The zero-order chi connectivity index (χ0) is 22.8. The van der Waals surface area contributed by atoms with Gasteiger partial charge < -0.3 is 19.6 Å². The number of carbonyl (C=O) groups excluding carboxylic acids is 1. The molecule has 4 rings (SSSR count). The number of rotatable bonds is 3. The Kier molecular flexibility index (Phi) is 7.45. The molecule has 0 aromatic carbocycles. The van der Waals surface area contributed by atoms with E-state index in [1.165, 1.54) is 25.7 Å². The average Bonchev–Trinajstić information content (AvgIpc) is 3.25. The van der Waals surface area contributed by atoms with Gasteiger partial charge in [-0.2, -0.15) is 13.2 Å². The number of fused-ring (bicyclic) bond motifs is 1. The van der Waals surface area contributed by atoms with Crippen molar-refractivity contribution in [3.63, 3.8) is 0 Å². The molecule has 4 fully saturated rings. The lowest BCUT2D eigenvalue weighted by atomic mass is 9.80. The third kappa shape index (κ3) is 6.50. The molecule has 1 amide bonds. The lowest BCUT2D eigenvalue weighted by Crippen LogP contribution is -2.46. The van der Waals surface area contributed by atoms with Gasteiger partial charge in [0, 0.05) is 57.4 Å². The van der Waals surface area contributed by atoms with Crippen molar-refractivity contribution < 1.29 is 41.4 Å². The van der Waals surface area contributed by atoms with Crippen LogP contribution in [-0.2, 0) is 14.3 Å². The minimum Gasteiger partial charge on any atom is -0.475 e. The second kappa shape index (κ2) is 9.56. The van der Waals surface area contributed by atoms with Gasteiger partial charge in [-0.05, 0) is 18.8 Å². The highest BCUT2D eigenvalue weighted by atomic mass is 19.4. The Labute approximate surface area is 177 Å². The fraction of sp³-hybridized carbons (Fsp3) is 0.900. The maximum atomic E-state index is 13.0. The molecule has 4 aliphatic rings. The van der Waals surface area contributed by atoms with E-state index in [2.05, 4.69) is 4.90 Å². The number of amides is 1. The number of hydrogen-bond donors (Lipinski definition) is 1. The number of carboxylic acids is 1. The first-order valence-electron chi connectivity index (χ1n) is 10.8. The molecule has 0 bridgehead atoms. The van der Waals surface area contributed by atoms with Crippen molar-refractivity contribution in [3.05, 3.63) is 0 Å². The van der Waals surface area contributed by atoms with E-state index in [1.807, 2.05) is 0 Å². The highest BCUT2D eigenvalue weighted by Gasteiger charge is 2.51. The molecule has 31 heavy (non-hydrogen) atoms. The second-order valence-electron chi connectivity index (χ2n) is 9.09. The molecule has 0 aromatic heterocycles. The van der Waals surface area contributed by atoms with Crippen molar-refractivity contribution >= 4 is 11.9 Å². The largest absolute Gasteiger partial charge is 0.490 e. The topological polar surface area (TPSA) is 70.1 Å². The van der Waals surface area contributed by atoms with Crippen LogP contribution in [0.2, 0.25) is 0 Å². The van der Waals surface area contributed by atoms with Gasteiger partial charge in [-0.25, -0.2) is 13.6 Å². The molecular weight excluding hydrogens is 427 g/mol. The fourth-order valence-electron chi connectivity index (χ4n) is 4.96. The predicted octanol–water partition coefficient (Wildman–Crippen LogP) is 3.01. The van der Waals surface area contributed by atoms with Crippen LogP contribution >= 0.6 is 0 Å². The van der Waals surface area contributed by atoms with Crippen molar-refractivity contribution in [2.24, 2.45) is 17.8 Å². The van der Waals surface area contributed by atoms with Crippen LogP contribution in [0.5, 0.6) is 0 Å². The molecule has 2 aliphatic carbocycles. The Balaban J connectivity index is 0.000000339. The monoisotopic (exact) mass is 456 g/mol. The summed E-state index contributed by atoms with van der Waals surface area (Å²) in [6, 6.07) is 0. The number of hydrogen-bond acceptors (Lipinski definition) is 4. The molecule has 2 atom stereocenters. The fourth-order valence-corrected chi connectivity index (χ4v) is 4.96. The van der Waals surface area contributed by atoms with Gasteiger partial charge in [-0.15, -0.1) is 0 Å². The number of carboxylic acid groups (broad SMARTS) is 1. The van der Waals surface area contributed by atoms with Crippen molar-refractivity contribution in [2.45, 2.75) is 56.7 Å². The van der Waals surface area contributed by atoms with E-state index >= 15 is 0 Å². The van der Waals surface area contributed by atoms with E-state index in [1.54, 1.807) is 4.90 Å². The molecule has 0 spiro atoms. The van der Waals surface area contributed by atoms with Crippen molar-refractivity contribution in [2.75, 3.05) is 39.3 Å². The minimum absolute atomic E-state index is 0.0834. The molecule has 0 aromatic rings. The Morgan fingerprint density at radius 3 is 2.23 bits per heavy atom. The Bertz CT molecular complexity index is 646. The molecular formula is C20H29F5N2O4. The second-order valence-corrected chi connectivity index (χ2v) is 9.09. The molecule has 1 N–H and O–H groups in total. The lowest BCUT2D eigenvalue weighted by Gasteiger charge is -2.36. The van der Waals surface area contributed by atoms with E-state index in [4.69, 9.17) is 14.6 Å². The van der Waals surface area contributed by atoms with E-state index in [-0.39, 0.29) is 24.9 Å². The summed E-state index contributed by atoms with van der Waals surface area (Å²) in [5.74, 6) is -4.79. The molecule has 0 radical (unpaired) electrons. The Morgan fingerprint density at radius 1 is 1.06 bits per heavy atom. The summed E-state index contributed by atoms with van der Waals surface area (Å²) in [5, 5.41) is 7.12. The number of nitrogens with zero attached hydrogens (tertiary/aromatic N) is 2. The highest BCUT2D eigenvalue weighted by Crippen LogP contribution is 2.44. The molecule has 6 nitrogen and oxygen atoms in total. The predicted molar refractivity (Wildman–Crippen MR) is 99.6 cm³/mol. The number of carbonyl (C=O) groups is 2. The van der Waals surface area contributed by atoms with Crippen LogP contribution in [-0.4, -0.2) is 84.3 Å². The normalized spacial score (nSPS) is 29.5. The first-order valence-corrected chi connectivity index (χ1v) is 10.8. The first kappa shape index (κ1) is 24.2. The number of likely N-dealkylation sites (tertiary alicyclic amines) is 1. The van der Waals surface area contributed by atoms with Crippen molar-refractivity contribution in [3.8, 4) is 0 Å². The summed E-state index contributed by atoms with van der Waals surface area (Å²) in [5.41, 5.74) is 0. The van der Waals surface area contributed by atoms with E-state index in [0.29, 0.717) is 19.0 Å². The van der Waals surface area contributed by atoms with Gasteiger partial charge in [0.1, 0.15) is 0 Å². The van der Waals surface area contributed by atoms with Crippen LogP contribution in [0.25, 0.3) is 0 Å². The average molecular weight is 456 g/mol. The van der Waals surface area contributed by atoms with Crippen molar-refractivity contribution in [1.82, 2.24) is 9.80 Å². The maximum Gasteiger partial charge on any atom is 0.490 e.